The number of nitrogens with one attached hydrogen (secondary N) is 1. The first kappa shape index (κ1) is 20.8. The van der Waals surface area contributed by atoms with Crippen LogP contribution in [-0.4, -0.2) is 82.5 Å². The zero-order valence-corrected chi connectivity index (χ0v) is 18.6. The highest BCUT2D eigenvalue weighted by molar-refractivity contribution is 5.70. The zero-order valence-electron chi connectivity index (χ0n) is 18.6. The topological polar surface area (TPSA) is 34.2 Å². The number of hydrogen-bond acceptors (Lipinski definition) is 6. The Hall–Kier alpha value is -2.44. The van der Waals surface area contributed by atoms with Crippen LogP contribution in [0.1, 0.15) is 6.92 Å². The van der Waals surface area contributed by atoms with Gasteiger partial charge in [-0.3, -0.25) is 4.90 Å². The fourth-order valence-corrected chi connectivity index (χ4v) is 4.48. The summed E-state index contributed by atoms with van der Waals surface area (Å²) in [7, 11) is 3.95. The maximum absolute atomic E-state index is 5.55. The maximum Gasteiger partial charge on any atom is 0.142 e. The van der Waals surface area contributed by atoms with E-state index in [0.29, 0.717) is 6.17 Å². The average molecular weight is 410 g/mol. The smallest absolute Gasteiger partial charge is 0.142 e. The van der Waals surface area contributed by atoms with Crippen molar-refractivity contribution >= 4 is 17.1 Å². The number of piperazine rings is 2. The van der Waals surface area contributed by atoms with Crippen LogP contribution in [0.15, 0.2) is 48.5 Å². The van der Waals surface area contributed by atoms with Gasteiger partial charge in [-0.15, -0.1) is 0 Å². The van der Waals surface area contributed by atoms with Crippen molar-refractivity contribution in [3.63, 3.8) is 0 Å². The molecule has 0 radical (unpaired) electrons. The maximum atomic E-state index is 5.55. The van der Waals surface area contributed by atoms with E-state index < -0.39 is 0 Å². The molecule has 4 rings (SSSR count). The summed E-state index contributed by atoms with van der Waals surface area (Å²) in [5.41, 5.74) is 3.76. The molecule has 6 heteroatoms. The van der Waals surface area contributed by atoms with Gasteiger partial charge in [0.15, 0.2) is 0 Å². The summed E-state index contributed by atoms with van der Waals surface area (Å²) in [6, 6.07) is 17.1. The lowest BCUT2D eigenvalue weighted by Crippen LogP contribution is -2.52. The van der Waals surface area contributed by atoms with Crippen LogP contribution in [-0.2, 0) is 0 Å². The largest absolute Gasteiger partial charge is 0.495 e. The molecule has 2 aromatic carbocycles. The molecule has 6 nitrogen and oxygen atoms in total. The van der Waals surface area contributed by atoms with Gasteiger partial charge in [0.25, 0.3) is 0 Å². The number of anilines is 3. The minimum atomic E-state index is 0.290. The molecule has 2 aromatic rings. The first-order valence-electron chi connectivity index (χ1n) is 11.1. The van der Waals surface area contributed by atoms with Crippen LogP contribution >= 0.6 is 0 Å². The lowest BCUT2D eigenvalue weighted by Gasteiger charge is -2.40. The predicted octanol–water partition coefficient (Wildman–Crippen LogP) is 3.03. The second-order valence-corrected chi connectivity index (χ2v) is 8.32. The molecule has 0 amide bonds. The molecule has 0 spiro atoms. The average Bonchev–Trinajstić information content (AvgIpc) is 2.80. The molecule has 162 valence electrons. The molecule has 1 atom stereocenters. The first-order chi connectivity index (χ1) is 14.7. The van der Waals surface area contributed by atoms with Gasteiger partial charge >= 0.3 is 0 Å². The van der Waals surface area contributed by atoms with E-state index in [9.17, 15) is 0 Å². The number of benzene rings is 2. The number of likely N-dealkylation sites (N-methyl/N-ethyl adjacent to an activating group) is 1. The van der Waals surface area contributed by atoms with Crippen LogP contribution in [0.4, 0.5) is 17.1 Å². The lowest BCUT2D eigenvalue weighted by molar-refractivity contribution is 0.214. The monoisotopic (exact) mass is 409 g/mol. The molecular formula is C24H35N5O. The fourth-order valence-electron chi connectivity index (χ4n) is 4.48. The number of nitrogens with zero attached hydrogens (tertiary/aromatic N) is 4. The summed E-state index contributed by atoms with van der Waals surface area (Å²) in [5.74, 6) is 0.957. The highest BCUT2D eigenvalue weighted by Gasteiger charge is 2.24. The van der Waals surface area contributed by atoms with Crippen molar-refractivity contribution in [2.45, 2.75) is 13.1 Å². The summed E-state index contributed by atoms with van der Waals surface area (Å²) in [4.78, 5) is 9.87. The van der Waals surface area contributed by atoms with Crippen molar-refractivity contribution < 1.29 is 4.74 Å². The minimum absolute atomic E-state index is 0.290. The fraction of sp³-hybridized carbons (Fsp3) is 0.500. The van der Waals surface area contributed by atoms with E-state index in [4.69, 9.17) is 4.74 Å². The second-order valence-electron chi connectivity index (χ2n) is 8.32. The van der Waals surface area contributed by atoms with Gasteiger partial charge in [0.1, 0.15) is 5.75 Å². The van der Waals surface area contributed by atoms with Gasteiger partial charge in [-0.05, 0) is 38.2 Å². The molecule has 2 heterocycles. The van der Waals surface area contributed by atoms with Crippen LogP contribution in [0.25, 0.3) is 0 Å². The van der Waals surface area contributed by atoms with E-state index in [0.717, 1.165) is 58.1 Å². The third-order valence-electron chi connectivity index (χ3n) is 6.40. The number of ether oxygens (including phenoxy) is 1. The SMILES string of the molecule is COc1ccccc1N1CCN(C(C)Nc2ccccc2N2CCN(C)CC2)CC1. The minimum Gasteiger partial charge on any atom is -0.495 e. The Labute approximate surface area is 181 Å². The Morgan fingerprint density at radius 2 is 1.33 bits per heavy atom. The van der Waals surface area contributed by atoms with Crippen LogP contribution in [0, 0.1) is 0 Å². The van der Waals surface area contributed by atoms with E-state index in [2.05, 4.69) is 75.3 Å². The highest BCUT2D eigenvalue weighted by atomic mass is 16.5. The Morgan fingerprint density at radius 3 is 2.03 bits per heavy atom. The van der Waals surface area contributed by atoms with Gasteiger partial charge in [0.05, 0.1) is 30.3 Å². The van der Waals surface area contributed by atoms with Crippen LogP contribution in [0.3, 0.4) is 0 Å². The van der Waals surface area contributed by atoms with Crippen molar-refractivity contribution in [1.82, 2.24) is 9.80 Å². The van der Waals surface area contributed by atoms with E-state index in [1.165, 1.54) is 17.1 Å². The third-order valence-corrected chi connectivity index (χ3v) is 6.40. The van der Waals surface area contributed by atoms with Crippen molar-refractivity contribution in [2.24, 2.45) is 0 Å². The van der Waals surface area contributed by atoms with Crippen LogP contribution in [0.5, 0.6) is 5.75 Å². The van der Waals surface area contributed by atoms with Gasteiger partial charge < -0.3 is 24.8 Å². The molecule has 0 aromatic heterocycles. The molecule has 0 bridgehead atoms. The Kier molecular flexibility index (Phi) is 6.65. The highest BCUT2D eigenvalue weighted by Crippen LogP contribution is 2.30. The molecule has 0 aliphatic carbocycles. The van der Waals surface area contributed by atoms with Gasteiger partial charge in [-0.25, -0.2) is 0 Å². The Morgan fingerprint density at radius 1 is 0.767 bits per heavy atom. The summed E-state index contributed by atoms with van der Waals surface area (Å²) in [6.45, 7) is 10.8. The summed E-state index contributed by atoms with van der Waals surface area (Å²) in [5, 5.41) is 3.79. The predicted molar refractivity (Wildman–Crippen MR) is 126 cm³/mol. The molecule has 1 N–H and O–H groups in total. The Balaban J connectivity index is 1.37. The number of methoxy groups -OCH3 is 1. The summed E-state index contributed by atoms with van der Waals surface area (Å²) in [6.07, 6.45) is 0.290. The zero-order chi connectivity index (χ0) is 20.9. The summed E-state index contributed by atoms with van der Waals surface area (Å²) < 4.78 is 5.55. The number of rotatable bonds is 6. The molecular weight excluding hydrogens is 374 g/mol. The van der Waals surface area contributed by atoms with Crippen molar-refractivity contribution in [3.8, 4) is 5.75 Å². The van der Waals surface area contributed by atoms with Crippen LogP contribution < -0.4 is 19.9 Å². The molecule has 0 saturated carbocycles. The van der Waals surface area contributed by atoms with Crippen molar-refractivity contribution in [3.05, 3.63) is 48.5 Å². The molecule has 30 heavy (non-hydrogen) atoms. The lowest BCUT2D eigenvalue weighted by atomic mass is 10.2. The second kappa shape index (κ2) is 9.58. The normalized spacial score (nSPS) is 19.6. The van der Waals surface area contributed by atoms with E-state index in [1.54, 1.807) is 7.11 Å². The quantitative estimate of drug-likeness (QED) is 0.790. The molecule has 2 fully saturated rings. The third kappa shape index (κ3) is 4.65. The van der Waals surface area contributed by atoms with E-state index >= 15 is 0 Å². The Bertz CT molecular complexity index is 813. The van der Waals surface area contributed by atoms with Gasteiger partial charge in [-0.1, -0.05) is 24.3 Å². The van der Waals surface area contributed by atoms with E-state index in [-0.39, 0.29) is 0 Å². The van der Waals surface area contributed by atoms with Crippen LogP contribution in [0.2, 0.25) is 0 Å². The van der Waals surface area contributed by atoms with Crippen molar-refractivity contribution in [1.29, 1.82) is 0 Å². The summed E-state index contributed by atoms with van der Waals surface area (Å²) >= 11 is 0. The van der Waals surface area contributed by atoms with E-state index in [1.807, 2.05) is 12.1 Å². The van der Waals surface area contributed by atoms with Crippen molar-refractivity contribution in [2.75, 3.05) is 81.6 Å². The number of hydrogen-bond donors (Lipinski definition) is 1. The van der Waals surface area contributed by atoms with Gasteiger partial charge in [-0.2, -0.15) is 0 Å². The van der Waals surface area contributed by atoms with Gasteiger partial charge in [0.2, 0.25) is 0 Å². The van der Waals surface area contributed by atoms with Gasteiger partial charge in [0, 0.05) is 52.4 Å². The molecule has 2 aliphatic heterocycles. The standard InChI is InChI=1S/C24H35N5O/c1-20(25-21-8-4-5-9-22(21)28-14-12-26(2)13-15-28)27-16-18-29(19-17-27)23-10-6-7-11-24(23)30-3/h4-11,20,25H,12-19H2,1-3H3. The molecule has 2 saturated heterocycles. The number of para-hydroxylation sites is 4. The molecule has 1 unspecified atom stereocenters. The molecule has 2 aliphatic rings. The first-order valence-corrected chi connectivity index (χ1v) is 11.1.